The zero-order valence-electron chi connectivity index (χ0n) is 13.6. The number of aliphatic hydroxyl groups is 1. The number of benzene rings is 1. The van der Waals surface area contributed by atoms with Gasteiger partial charge in [0, 0.05) is 0 Å². The minimum atomic E-state index is -1.82. The molecule has 20 heavy (non-hydrogen) atoms. The van der Waals surface area contributed by atoms with Crippen molar-refractivity contribution >= 4 is 8.32 Å². The van der Waals surface area contributed by atoms with Crippen LogP contribution in [-0.4, -0.2) is 33.2 Å². The summed E-state index contributed by atoms with van der Waals surface area (Å²) in [6, 6.07) is 9.91. The van der Waals surface area contributed by atoms with Gasteiger partial charge >= 0.3 is 0 Å². The zero-order valence-corrected chi connectivity index (χ0v) is 14.6. The topological polar surface area (TPSA) is 41.5 Å². The highest BCUT2D eigenvalue weighted by molar-refractivity contribution is 6.74. The maximum Gasteiger partial charge on any atom is 0.192 e. The van der Waals surface area contributed by atoms with E-state index in [1.54, 1.807) is 0 Å². The Morgan fingerprint density at radius 1 is 1.20 bits per heavy atom. The van der Waals surface area contributed by atoms with Crippen LogP contribution in [0.25, 0.3) is 0 Å². The van der Waals surface area contributed by atoms with Crippen LogP contribution < -0.4 is 5.32 Å². The van der Waals surface area contributed by atoms with Crippen LogP contribution in [0.15, 0.2) is 30.3 Å². The summed E-state index contributed by atoms with van der Waals surface area (Å²) in [5.74, 6) is 0. The molecule has 0 saturated carbocycles. The highest BCUT2D eigenvalue weighted by Gasteiger charge is 2.38. The third kappa shape index (κ3) is 4.41. The van der Waals surface area contributed by atoms with Crippen LogP contribution in [0.1, 0.15) is 32.4 Å². The fourth-order valence-corrected chi connectivity index (χ4v) is 2.87. The molecule has 0 fully saturated rings. The van der Waals surface area contributed by atoms with Crippen molar-refractivity contribution in [3.05, 3.63) is 35.9 Å². The molecule has 114 valence electrons. The Morgan fingerprint density at radius 3 is 2.20 bits per heavy atom. The minimum absolute atomic E-state index is 0.0963. The van der Waals surface area contributed by atoms with Crippen molar-refractivity contribution in [3.8, 4) is 0 Å². The first-order chi connectivity index (χ1) is 9.19. The van der Waals surface area contributed by atoms with Gasteiger partial charge in [-0.1, -0.05) is 51.1 Å². The smallest absolute Gasteiger partial charge is 0.192 e. The van der Waals surface area contributed by atoms with Crippen LogP contribution in [0.5, 0.6) is 0 Å². The second-order valence-electron chi connectivity index (χ2n) is 6.82. The fraction of sp³-hybridized carbons (Fsp3) is 0.625. The fourth-order valence-electron chi connectivity index (χ4n) is 1.85. The molecule has 0 radical (unpaired) electrons. The van der Waals surface area contributed by atoms with Gasteiger partial charge in [-0.25, -0.2) is 0 Å². The lowest BCUT2D eigenvalue weighted by Crippen LogP contribution is -2.44. The van der Waals surface area contributed by atoms with Crippen LogP contribution in [0.4, 0.5) is 0 Å². The Balaban J connectivity index is 2.68. The van der Waals surface area contributed by atoms with Gasteiger partial charge in [0.25, 0.3) is 0 Å². The lowest BCUT2D eigenvalue weighted by Gasteiger charge is -2.37. The average Bonchev–Trinajstić information content (AvgIpc) is 2.37. The maximum atomic E-state index is 10.4. The normalized spacial score (nSPS) is 15.9. The number of hydrogen-bond acceptors (Lipinski definition) is 3. The monoisotopic (exact) mass is 295 g/mol. The summed E-state index contributed by atoms with van der Waals surface area (Å²) >= 11 is 0. The van der Waals surface area contributed by atoms with E-state index in [0.717, 1.165) is 5.56 Å². The van der Waals surface area contributed by atoms with E-state index in [1.807, 2.05) is 37.4 Å². The maximum absolute atomic E-state index is 10.4. The first kappa shape index (κ1) is 17.4. The van der Waals surface area contributed by atoms with Gasteiger partial charge in [-0.3, -0.25) is 0 Å². The lowest BCUT2D eigenvalue weighted by molar-refractivity contribution is 0.0694. The van der Waals surface area contributed by atoms with E-state index in [-0.39, 0.29) is 11.1 Å². The molecule has 0 bridgehead atoms. The molecular formula is C16H29NO2Si. The molecule has 0 spiro atoms. The van der Waals surface area contributed by atoms with E-state index >= 15 is 0 Å². The van der Waals surface area contributed by atoms with E-state index in [1.165, 1.54) is 0 Å². The van der Waals surface area contributed by atoms with Crippen molar-refractivity contribution in [2.75, 3.05) is 13.7 Å². The molecule has 3 nitrogen and oxygen atoms in total. The van der Waals surface area contributed by atoms with Crippen LogP contribution in [0, 0.1) is 0 Å². The molecule has 4 heteroatoms. The predicted molar refractivity (Wildman–Crippen MR) is 87.4 cm³/mol. The summed E-state index contributed by atoms with van der Waals surface area (Å²) in [6.07, 6.45) is -0.545. The molecule has 0 saturated heterocycles. The Bertz CT molecular complexity index is 401. The molecule has 2 N–H and O–H groups in total. The van der Waals surface area contributed by atoms with E-state index in [9.17, 15) is 5.11 Å². The van der Waals surface area contributed by atoms with Gasteiger partial charge in [0.1, 0.15) is 0 Å². The van der Waals surface area contributed by atoms with Crippen LogP contribution >= 0.6 is 0 Å². The molecule has 0 amide bonds. The summed E-state index contributed by atoms with van der Waals surface area (Å²) in [7, 11) is 0.0533. The van der Waals surface area contributed by atoms with E-state index in [4.69, 9.17) is 4.43 Å². The van der Waals surface area contributed by atoms with Crippen molar-refractivity contribution in [1.29, 1.82) is 0 Å². The average molecular weight is 295 g/mol. The quantitative estimate of drug-likeness (QED) is 0.791. The van der Waals surface area contributed by atoms with Gasteiger partial charge in [0.15, 0.2) is 8.32 Å². The zero-order chi connectivity index (χ0) is 15.4. The van der Waals surface area contributed by atoms with Gasteiger partial charge in [0.2, 0.25) is 0 Å². The van der Waals surface area contributed by atoms with Crippen molar-refractivity contribution < 1.29 is 9.53 Å². The molecule has 0 aliphatic carbocycles. The largest absolute Gasteiger partial charge is 0.414 e. The van der Waals surface area contributed by atoms with Gasteiger partial charge in [-0.05, 0) is 30.7 Å². The van der Waals surface area contributed by atoms with Crippen LogP contribution in [-0.2, 0) is 4.43 Å². The summed E-state index contributed by atoms with van der Waals surface area (Å²) in [5, 5.41) is 13.8. The number of aliphatic hydroxyl groups excluding tert-OH is 1. The van der Waals surface area contributed by atoms with E-state index < -0.39 is 14.4 Å². The third-order valence-electron chi connectivity index (χ3n) is 4.28. The van der Waals surface area contributed by atoms with E-state index in [0.29, 0.717) is 6.61 Å². The molecule has 0 aromatic heterocycles. The first-order valence-corrected chi connectivity index (χ1v) is 10.1. The van der Waals surface area contributed by atoms with Crippen molar-refractivity contribution in [2.45, 2.75) is 51.0 Å². The second kappa shape index (κ2) is 6.85. The summed E-state index contributed by atoms with van der Waals surface area (Å²) in [4.78, 5) is 0. The molecule has 1 aromatic rings. The van der Waals surface area contributed by atoms with Gasteiger partial charge < -0.3 is 14.8 Å². The third-order valence-corrected chi connectivity index (χ3v) is 8.78. The van der Waals surface area contributed by atoms with E-state index in [2.05, 4.69) is 39.2 Å². The minimum Gasteiger partial charge on any atom is -0.414 e. The Morgan fingerprint density at radius 2 is 1.75 bits per heavy atom. The molecule has 0 unspecified atom stereocenters. The molecular weight excluding hydrogens is 266 g/mol. The molecule has 1 rings (SSSR count). The number of nitrogens with one attached hydrogen (secondary N) is 1. The van der Waals surface area contributed by atoms with Gasteiger partial charge in [-0.15, -0.1) is 0 Å². The lowest BCUT2D eigenvalue weighted by atomic mass is 10.0. The van der Waals surface area contributed by atoms with Crippen molar-refractivity contribution in [1.82, 2.24) is 5.32 Å². The van der Waals surface area contributed by atoms with Gasteiger partial charge in [0.05, 0.1) is 18.8 Å². The molecule has 1 aromatic carbocycles. The van der Waals surface area contributed by atoms with Crippen molar-refractivity contribution in [2.24, 2.45) is 0 Å². The first-order valence-electron chi connectivity index (χ1n) is 7.23. The SMILES string of the molecule is CN[C@H](c1ccccc1)[C@@H](O)CO[Si](C)(C)C(C)(C)C. The summed E-state index contributed by atoms with van der Waals surface area (Å²) in [6.45, 7) is 11.4. The molecule has 0 aliphatic heterocycles. The van der Waals surface area contributed by atoms with Crippen molar-refractivity contribution in [3.63, 3.8) is 0 Å². The predicted octanol–water partition coefficient (Wildman–Crippen LogP) is 3.33. The summed E-state index contributed by atoms with van der Waals surface area (Å²) in [5.41, 5.74) is 1.08. The molecule has 2 atom stereocenters. The standard InChI is InChI=1S/C16H29NO2Si/c1-16(2,3)20(5,6)19-12-14(18)15(17-4)13-10-8-7-9-11-13/h7-11,14-15,17-18H,12H2,1-6H3/t14-,15+/m0/s1. The number of likely N-dealkylation sites (N-methyl/N-ethyl adjacent to an activating group) is 1. The number of rotatable bonds is 6. The Labute approximate surface area is 124 Å². The summed E-state index contributed by atoms with van der Waals surface area (Å²) < 4.78 is 6.11. The Kier molecular flexibility index (Phi) is 5.95. The second-order valence-corrected chi connectivity index (χ2v) is 11.6. The number of hydrogen-bond donors (Lipinski definition) is 2. The highest BCUT2D eigenvalue weighted by atomic mass is 28.4. The highest BCUT2D eigenvalue weighted by Crippen LogP contribution is 2.36. The van der Waals surface area contributed by atoms with Gasteiger partial charge in [-0.2, -0.15) is 0 Å². The Hall–Kier alpha value is -0.683. The molecule has 0 heterocycles. The molecule has 0 aliphatic rings. The van der Waals surface area contributed by atoms with Crippen LogP contribution in [0.3, 0.4) is 0 Å². The van der Waals surface area contributed by atoms with Crippen LogP contribution in [0.2, 0.25) is 18.1 Å².